The Kier molecular flexibility index (Phi) is 7.38. The molecule has 25 heavy (non-hydrogen) atoms. The molecule has 0 aliphatic carbocycles. The lowest BCUT2D eigenvalue weighted by molar-refractivity contribution is -0.132. The van der Waals surface area contributed by atoms with Gasteiger partial charge >= 0.3 is 0 Å². The second kappa shape index (κ2) is 9.29. The van der Waals surface area contributed by atoms with E-state index in [-0.39, 0.29) is 17.4 Å². The van der Waals surface area contributed by atoms with Crippen molar-refractivity contribution in [3.63, 3.8) is 0 Å². The van der Waals surface area contributed by atoms with Gasteiger partial charge in [0.2, 0.25) is 5.91 Å². The summed E-state index contributed by atoms with van der Waals surface area (Å²) in [6, 6.07) is 4.39. The van der Waals surface area contributed by atoms with Crippen LogP contribution in [-0.4, -0.2) is 72.3 Å². The number of carbonyl (C=O) groups is 2. The van der Waals surface area contributed by atoms with Crippen molar-refractivity contribution < 1.29 is 14.0 Å². The van der Waals surface area contributed by atoms with Gasteiger partial charge in [0.05, 0.1) is 12.1 Å². The van der Waals surface area contributed by atoms with Crippen molar-refractivity contribution >= 4 is 27.7 Å². The molecule has 2 rings (SSSR count). The van der Waals surface area contributed by atoms with E-state index in [0.29, 0.717) is 43.7 Å². The number of likely N-dealkylation sites (N-methyl/N-ethyl adjacent to an activating group) is 1. The summed E-state index contributed by atoms with van der Waals surface area (Å²) in [4.78, 5) is 30.4. The van der Waals surface area contributed by atoms with Crippen molar-refractivity contribution in [1.29, 1.82) is 0 Å². The quantitative estimate of drug-likeness (QED) is 0.744. The first-order chi connectivity index (χ1) is 12.0. The Hall–Kier alpha value is -1.47. The summed E-state index contributed by atoms with van der Waals surface area (Å²) in [5, 5.41) is 0. The molecule has 0 unspecified atom stereocenters. The zero-order valence-electron chi connectivity index (χ0n) is 14.8. The average Bonchev–Trinajstić information content (AvgIpc) is 2.83. The summed E-state index contributed by atoms with van der Waals surface area (Å²) in [6.45, 7) is 8.16. The largest absolute Gasteiger partial charge is 0.342 e. The van der Waals surface area contributed by atoms with Crippen molar-refractivity contribution in [3.05, 3.63) is 34.1 Å². The number of benzene rings is 1. The maximum Gasteiger partial charge on any atom is 0.256 e. The maximum absolute atomic E-state index is 14.0. The van der Waals surface area contributed by atoms with Crippen molar-refractivity contribution in [3.8, 4) is 0 Å². The van der Waals surface area contributed by atoms with Crippen molar-refractivity contribution in [2.45, 2.75) is 20.3 Å². The summed E-state index contributed by atoms with van der Waals surface area (Å²) in [6.07, 6.45) is 0.771. The molecule has 5 nitrogen and oxygen atoms in total. The molecule has 0 atom stereocenters. The van der Waals surface area contributed by atoms with Crippen LogP contribution in [-0.2, 0) is 4.79 Å². The topological polar surface area (TPSA) is 43.9 Å². The van der Waals surface area contributed by atoms with E-state index in [2.05, 4.69) is 20.8 Å². The molecule has 1 fully saturated rings. The zero-order valence-corrected chi connectivity index (χ0v) is 16.4. The molecule has 1 saturated heterocycles. The Labute approximate surface area is 156 Å². The highest BCUT2D eigenvalue weighted by Crippen LogP contribution is 2.18. The SMILES string of the molecule is CCN(CC)C(=O)CN1CCCN(C(=O)c2cc(Br)ccc2F)CC1. The fraction of sp³-hybridized carbons (Fsp3) is 0.556. The van der Waals surface area contributed by atoms with Crippen LogP contribution in [0.2, 0.25) is 0 Å². The van der Waals surface area contributed by atoms with Gasteiger partial charge in [-0.05, 0) is 38.5 Å². The maximum atomic E-state index is 14.0. The molecule has 2 amide bonds. The van der Waals surface area contributed by atoms with Gasteiger partial charge in [0.1, 0.15) is 5.82 Å². The highest BCUT2D eigenvalue weighted by Gasteiger charge is 2.24. The van der Waals surface area contributed by atoms with E-state index >= 15 is 0 Å². The predicted molar refractivity (Wildman–Crippen MR) is 99.0 cm³/mol. The number of nitrogens with zero attached hydrogens (tertiary/aromatic N) is 3. The van der Waals surface area contributed by atoms with Crippen LogP contribution in [0.5, 0.6) is 0 Å². The summed E-state index contributed by atoms with van der Waals surface area (Å²) < 4.78 is 14.6. The molecule has 1 aliphatic heterocycles. The Bertz CT molecular complexity index is 622. The van der Waals surface area contributed by atoms with Crippen molar-refractivity contribution in [2.24, 2.45) is 0 Å². The van der Waals surface area contributed by atoms with E-state index in [1.54, 1.807) is 11.0 Å². The van der Waals surface area contributed by atoms with Crippen molar-refractivity contribution in [1.82, 2.24) is 14.7 Å². The fourth-order valence-electron chi connectivity index (χ4n) is 3.03. The van der Waals surface area contributed by atoms with Gasteiger partial charge in [-0.25, -0.2) is 4.39 Å². The number of hydrogen-bond acceptors (Lipinski definition) is 3. The van der Waals surface area contributed by atoms with E-state index in [1.165, 1.54) is 12.1 Å². The number of carbonyl (C=O) groups excluding carboxylic acids is 2. The first-order valence-corrected chi connectivity index (χ1v) is 9.50. The Morgan fingerprint density at radius 2 is 1.88 bits per heavy atom. The smallest absolute Gasteiger partial charge is 0.256 e. The molecule has 1 aromatic rings. The van der Waals surface area contributed by atoms with Crippen LogP contribution in [0.3, 0.4) is 0 Å². The molecule has 1 aliphatic rings. The average molecular weight is 414 g/mol. The van der Waals surface area contributed by atoms with Gasteiger partial charge in [0.15, 0.2) is 0 Å². The van der Waals surface area contributed by atoms with Crippen LogP contribution in [0, 0.1) is 5.82 Å². The number of halogens is 2. The van der Waals surface area contributed by atoms with Crippen LogP contribution >= 0.6 is 15.9 Å². The van der Waals surface area contributed by atoms with E-state index in [9.17, 15) is 14.0 Å². The highest BCUT2D eigenvalue weighted by atomic mass is 79.9. The van der Waals surface area contributed by atoms with Gasteiger partial charge in [0.25, 0.3) is 5.91 Å². The molecule has 1 aromatic carbocycles. The van der Waals surface area contributed by atoms with Gasteiger partial charge in [-0.15, -0.1) is 0 Å². The first-order valence-electron chi connectivity index (χ1n) is 8.70. The summed E-state index contributed by atoms with van der Waals surface area (Å²) in [5.74, 6) is -0.690. The van der Waals surface area contributed by atoms with E-state index in [1.807, 2.05) is 18.7 Å². The van der Waals surface area contributed by atoms with Gasteiger partial charge in [-0.2, -0.15) is 0 Å². The van der Waals surface area contributed by atoms with E-state index in [0.717, 1.165) is 13.0 Å². The molecule has 7 heteroatoms. The lowest BCUT2D eigenvalue weighted by atomic mass is 10.2. The summed E-state index contributed by atoms with van der Waals surface area (Å²) in [5.41, 5.74) is 0.0852. The van der Waals surface area contributed by atoms with E-state index in [4.69, 9.17) is 0 Å². The molecule has 0 N–H and O–H groups in total. The van der Waals surface area contributed by atoms with Crippen LogP contribution in [0.25, 0.3) is 0 Å². The van der Waals surface area contributed by atoms with Crippen LogP contribution < -0.4 is 0 Å². The second-order valence-corrected chi connectivity index (χ2v) is 7.03. The minimum absolute atomic E-state index is 0.0852. The monoisotopic (exact) mass is 413 g/mol. The first kappa shape index (κ1) is 19.8. The standard InChI is InChI=1S/C18H25BrFN3O2/c1-3-22(4-2)17(24)13-21-8-5-9-23(11-10-21)18(25)15-12-14(19)6-7-16(15)20/h6-7,12H,3-5,8-11,13H2,1-2H3. The lowest BCUT2D eigenvalue weighted by Gasteiger charge is -2.25. The lowest BCUT2D eigenvalue weighted by Crippen LogP contribution is -2.42. The molecular weight excluding hydrogens is 389 g/mol. The zero-order chi connectivity index (χ0) is 18.4. The Morgan fingerprint density at radius 1 is 1.16 bits per heavy atom. The normalized spacial score (nSPS) is 15.8. The second-order valence-electron chi connectivity index (χ2n) is 6.11. The van der Waals surface area contributed by atoms with Gasteiger partial charge < -0.3 is 9.80 Å². The molecular formula is C18H25BrFN3O2. The van der Waals surface area contributed by atoms with Gasteiger partial charge in [-0.1, -0.05) is 15.9 Å². The Morgan fingerprint density at radius 3 is 2.56 bits per heavy atom. The highest BCUT2D eigenvalue weighted by molar-refractivity contribution is 9.10. The molecule has 0 aromatic heterocycles. The summed E-state index contributed by atoms with van der Waals surface area (Å²) >= 11 is 3.28. The molecule has 1 heterocycles. The van der Waals surface area contributed by atoms with Crippen LogP contribution in [0.15, 0.2) is 22.7 Å². The molecule has 0 bridgehead atoms. The fourth-order valence-corrected chi connectivity index (χ4v) is 3.39. The molecule has 0 radical (unpaired) electrons. The number of rotatable bonds is 5. The van der Waals surface area contributed by atoms with Crippen molar-refractivity contribution in [2.75, 3.05) is 45.8 Å². The molecule has 138 valence electrons. The predicted octanol–water partition coefficient (Wildman–Crippen LogP) is 2.60. The minimum Gasteiger partial charge on any atom is -0.342 e. The third kappa shape index (κ3) is 5.25. The van der Waals surface area contributed by atoms with Crippen LogP contribution in [0.4, 0.5) is 4.39 Å². The number of hydrogen-bond donors (Lipinski definition) is 0. The van der Waals surface area contributed by atoms with Gasteiger partial charge in [0, 0.05) is 43.7 Å². The third-order valence-electron chi connectivity index (χ3n) is 4.51. The summed E-state index contributed by atoms with van der Waals surface area (Å²) in [7, 11) is 0. The third-order valence-corrected chi connectivity index (χ3v) is 5.00. The molecule has 0 spiro atoms. The van der Waals surface area contributed by atoms with Crippen LogP contribution in [0.1, 0.15) is 30.6 Å². The minimum atomic E-state index is -0.508. The Balaban J connectivity index is 1.98. The molecule has 0 saturated carbocycles. The van der Waals surface area contributed by atoms with Gasteiger partial charge in [-0.3, -0.25) is 14.5 Å². The number of amides is 2. The van der Waals surface area contributed by atoms with E-state index < -0.39 is 5.82 Å².